The van der Waals surface area contributed by atoms with E-state index in [1.165, 1.54) is 17.3 Å². The first-order chi connectivity index (χ1) is 11.3. The molecule has 1 atom stereocenters. The monoisotopic (exact) mass is 347 g/mol. The van der Waals surface area contributed by atoms with Gasteiger partial charge in [0.2, 0.25) is 11.8 Å². The van der Waals surface area contributed by atoms with E-state index in [9.17, 15) is 9.59 Å². The van der Waals surface area contributed by atoms with Crippen molar-refractivity contribution in [3.8, 4) is 0 Å². The van der Waals surface area contributed by atoms with Crippen molar-refractivity contribution in [1.82, 2.24) is 5.16 Å². The number of benzene rings is 1. The zero-order valence-corrected chi connectivity index (χ0v) is 15.0. The van der Waals surface area contributed by atoms with Crippen LogP contribution in [0.4, 0.5) is 11.5 Å². The van der Waals surface area contributed by atoms with Gasteiger partial charge in [-0.25, -0.2) is 0 Å². The maximum atomic E-state index is 12.0. The molecule has 2 N–H and O–H groups in total. The second-order valence-electron chi connectivity index (χ2n) is 5.61. The van der Waals surface area contributed by atoms with Crippen LogP contribution in [0.25, 0.3) is 0 Å². The topological polar surface area (TPSA) is 84.2 Å². The summed E-state index contributed by atoms with van der Waals surface area (Å²) in [6, 6.07) is 7.41. The molecule has 0 aliphatic carbocycles. The van der Waals surface area contributed by atoms with Crippen molar-refractivity contribution in [2.45, 2.75) is 32.9 Å². The maximum absolute atomic E-state index is 12.0. The van der Waals surface area contributed by atoms with Crippen LogP contribution in [0.2, 0.25) is 0 Å². The predicted octanol–water partition coefficient (Wildman–Crippen LogP) is 3.30. The summed E-state index contributed by atoms with van der Waals surface area (Å²) in [4.78, 5) is 24.0. The summed E-state index contributed by atoms with van der Waals surface area (Å²) in [5, 5.41) is 8.82. The molecule has 0 fully saturated rings. The molecule has 0 saturated carbocycles. The van der Waals surface area contributed by atoms with Gasteiger partial charge in [-0.05, 0) is 51.0 Å². The van der Waals surface area contributed by atoms with Gasteiger partial charge >= 0.3 is 0 Å². The molecule has 0 radical (unpaired) electrons. The molecule has 0 spiro atoms. The van der Waals surface area contributed by atoms with Gasteiger partial charge < -0.3 is 15.2 Å². The Morgan fingerprint density at radius 1 is 1.17 bits per heavy atom. The van der Waals surface area contributed by atoms with E-state index in [4.69, 9.17) is 4.52 Å². The summed E-state index contributed by atoms with van der Waals surface area (Å²) >= 11 is 1.26. The van der Waals surface area contributed by atoms with Crippen molar-refractivity contribution in [1.29, 1.82) is 0 Å². The van der Waals surface area contributed by atoms with Crippen LogP contribution in [0.1, 0.15) is 23.8 Å². The first kappa shape index (κ1) is 18.1. The van der Waals surface area contributed by atoms with E-state index in [0.29, 0.717) is 11.6 Å². The molecule has 1 aromatic carbocycles. The highest BCUT2D eigenvalue weighted by molar-refractivity contribution is 8.01. The summed E-state index contributed by atoms with van der Waals surface area (Å²) in [5.41, 5.74) is 3.06. The molecule has 6 nitrogen and oxygen atoms in total. The Bertz CT molecular complexity index is 742. The molecule has 0 aliphatic heterocycles. The minimum absolute atomic E-state index is 0.139. The minimum atomic E-state index is -0.382. The van der Waals surface area contributed by atoms with Crippen LogP contribution >= 0.6 is 11.8 Å². The van der Waals surface area contributed by atoms with Crippen molar-refractivity contribution < 1.29 is 14.1 Å². The Kier molecular flexibility index (Phi) is 6.03. The molecule has 1 heterocycles. The van der Waals surface area contributed by atoms with Crippen LogP contribution in [0.5, 0.6) is 0 Å². The number of aryl methyl sites for hydroxylation is 3. The Hall–Kier alpha value is -2.28. The lowest BCUT2D eigenvalue weighted by atomic mass is 10.1. The van der Waals surface area contributed by atoms with E-state index in [0.717, 1.165) is 11.3 Å². The molecule has 0 saturated heterocycles. The number of rotatable bonds is 6. The quantitative estimate of drug-likeness (QED) is 0.837. The number of nitrogens with zero attached hydrogens (tertiary/aromatic N) is 1. The van der Waals surface area contributed by atoms with Gasteiger partial charge in [0.25, 0.3) is 0 Å². The summed E-state index contributed by atoms with van der Waals surface area (Å²) in [5.74, 6) is 0.842. The summed E-state index contributed by atoms with van der Waals surface area (Å²) in [6.07, 6.45) is 0. The highest BCUT2D eigenvalue weighted by Gasteiger charge is 2.17. The molecule has 7 heteroatoms. The largest absolute Gasteiger partial charge is 0.360 e. The summed E-state index contributed by atoms with van der Waals surface area (Å²) < 4.78 is 4.89. The molecule has 1 aromatic heterocycles. The smallest absolute Gasteiger partial charge is 0.238 e. The van der Waals surface area contributed by atoms with Gasteiger partial charge in [-0.2, -0.15) is 0 Å². The molecule has 2 aromatic rings. The van der Waals surface area contributed by atoms with Crippen LogP contribution in [0.15, 0.2) is 28.8 Å². The van der Waals surface area contributed by atoms with Gasteiger partial charge in [-0.3, -0.25) is 9.59 Å². The van der Waals surface area contributed by atoms with Crippen molar-refractivity contribution in [3.05, 3.63) is 41.2 Å². The second kappa shape index (κ2) is 8.01. The van der Waals surface area contributed by atoms with Gasteiger partial charge in [0, 0.05) is 11.8 Å². The summed E-state index contributed by atoms with van der Waals surface area (Å²) in [6.45, 7) is 7.51. The van der Waals surface area contributed by atoms with Crippen LogP contribution in [0, 0.1) is 20.8 Å². The van der Waals surface area contributed by atoms with E-state index < -0.39 is 0 Å². The Labute approximate surface area is 145 Å². The number of thioether (sulfide) groups is 1. The van der Waals surface area contributed by atoms with Crippen LogP contribution in [-0.4, -0.2) is 28.0 Å². The number of aromatic nitrogens is 1. The lowest BCUT2D eigenvalue weighted by Crippen LogP contribution is -2.25. The molecular weight excluding hydrogens is 326 g/mol. The first-order valence-corrected chi connectivity index (χ1v) is 8.63. The standard InChI is InChI=1S/C17H21N3O3S/c1-10-5-6-14(7-11(10)2)18-16(21)9-24-13(4)17(22)19-15-8-12(3)23-20-15/h5-8,13H,9H2,1-4H3,(H,18,21)(H,19,20,22)/t13-/m0/s1. The lowest BCUT2D eigenvalue weighted by Gasteiger charge is -2.11. The fourth-order valence-electron chi connectivity index (χ4n) is 1.95. The van der Waals surface area contributed by atoms with E-state index >= 15 is 0 Å². The number of nitrogens with one attached hydrogen (secondary N) is 2. The molecule has 128 valence electrons. The average molecular weight is 347 g/mol. The Morgan fingerprint density at radius 2 is 1.92 bits per heavy atom. The van der Waals surface area contributed by atoms with E-state index in [1.807, 2.05) is 32.0 Å². The van der Waals surface area contributed by atoms with Crippen molar-refractivity contribution >= 4 is 35.1 Å². The minimum Gasteiger partial charge on any atom is -0.360 e. The molecular formula is C17H21N3O3S. The fraction of sp³-hybridized carbons (Fsp3) is 0.353. The lowest BCUT2D eigenvalue weighted by molar-refractivity contribution is -0.115. The number of hydrogen-bond acceptors (Lipinski definition) is 5. The molecule has 24 heavy (non-hydrogen) atoms. The predicted molar refractivity (Wildman–Crippen MR) is 96.3 cm³/mol. The SMILES string of the molecule is Cc1cc(NC(=O)[C@H](C)SCC(=O)Nc2ccc(C)c(C)c2)no1. The summed E-state index contributed by atoms with van der Waals surface area (Å²) in [7, 11) is 0. The Balaban J connectivity index is 1.79. The maximum Gasteiger partial charge on any atom is 0.238 e. The molecule has 2 rings (SSSR count). The number of carbonyl (C=O) groups excluding carboxylic acids is 2. The molecule has 2 amide bonds. The van der Waals surface area contributed by atoms with Gasteiger partial charge in [0.05, 0.1) is 11.0 Å². The van der Waals surface area contributed by atoms with E-state index in [1.54, 1.807) is 19.9 Å². The number of amides is 2. The molecule has 0 unspecified atom stereocenters. The van der Waals surface area contributed by atoms with E-state index in [2.05, 4.69) is 15.8 Å². The highest BCUT2D eigenvalue weighted by atomic mass is 32.2. The van der Waals surface area contributed by atoms with Gasteiger partial charge in [-0.15, -0.1) is 11.8 Å². The number of hydrogen-bond donors (Lipinski definition) is 2. The average Bonchev–Trinajstić information content (AvgIpc) is 2.93. The molecule has 0 bridgehead atoms. The van der Waals surface area contributed by atoms with Crippen molar-refractivity contribution in [2.75, 3.05) is 16.4 Å². The second-order valence-corrected chi connectivity index (χ2v) is 6.94. The third-order valence-corrected chi connectivity index (χ3v) is 4.65. The van der Waals surface area contributed by atoms with Crippen LogP contribution < -0.4 is 10.6 Å². The van der Waals surface area contributed by atoms with Crippen LogP contribution in [-0.2, 0) is 9.59 Å². The van der Waals surface area contributed by atoms with Gasteiger partial charge in [0.1, 0.15) is 5.76 Å². The third-order valence-electron chi connectivity index (χ3n) is 3.50. The number of carbonyl (C=O) groups is 2. The number of anilines is 2. The normalized spacial score (nSPS) is 11.8. The van der Waals surface area contributed by atoms with Crippen molar-refractivity contribution in [2.24, 2.45) is 0 Å². The van der Waals surface area contributed by atoms with Crippen molar-refractivity contribution in [3.63, 3.8) is 0 Å². The highest BCUT2D eigenvalue weighted by Crippen LogP contribution is 2.17. The molecule has 0 aliphatic rings. The van der Waals surface area contributed by atoms with Crippen LogP contribution in [0.3, 0.4) is 0 Å². The van der Waals surface area contributed by atoms with Gasteiger partial charge in [0.15, 0.2) is 5.82 Å². The zero-order valence-electron chi connectivity index (χ0n) is 14.2. The van der Waals surface area contributed by atoms with E-state index in [-0.39, 0.29) is 22.8 Å². The zero-order chi connectivity index (χ0) is 17.7. The first-order valence-electron chi connectivity index (χ1n) is 7.58. The van der Waals surface area contributed by atoms with Gasteiger partial charge in [-0.1, -0.05) is 11.2 Å². The third kappa shape index (κ3) is 5.13. The fourth-order valence-corrected chi connectivity index (χ4v) is 2.63. The Morgan fingerprint density at radius 3 is 2.54 bits per heavy atom.